The highest BCUT2D eigenvalue weighted by molar-refractivity contribution is 5.76. The largest absolute Gasteiger partial charge is 0.394 e. The van der Waals surface area contributed by atoms with Gasteiger partial charge in [0.25, 0.3) is 0 Å². The molecule has 0 radical (unpaired) electrons. The molecule has 0 aliphatic carbocycles. The molecule has 6 nitrogen and oxygen atoms in total. The molecule has 0 bridgehead atoms. The number of carbonyl (C=O) groups excluding carboxylic acids is 1. The molecule has 1 unspecified atom stereocenters. The Labute approximate surface area is 123 Å². The number of aryl methyl sites for hydroxylation is 2. The van der Waals surface area contributed by atoms with E-state index in [-0.39, 0.29) is 18.6 Å². The lowest BCUT2D eigenvalue weighted by molar-refractivity contribution is -0.122. The third kappa shape index (κ3) is 4.39. The van der Waals surface area contributed by atoms with Gasteiger partial charge in [0.1, 0.15) is 12.7 Å². The van der Waals surface area contributed by atoms with Crippen molar-refractivity contribution >= 4 is 5.91 Å². The molecule has 21 heavy (non-hydrogen) atoms. The van der Waals surface area contributed by atoms with Crippen molar-refractivity contribution in [3.8, 4) is 0 Å². The maximum atomic E-state index is 11.9. The first-order valence-electron chi connectivity index (χ1n) is 7.04. The summed E-state index contributed by atoms with van der Waals surface area (Å²) < 4.78 is 1.60. The first kappa shape index (κ1) is 15.2. The number of nitrogens with one attached hydrogen (secondary N) is 1. The minimum atomic E-state index is -0.376. The number of aromatic nitrogens is 3. The molecule has 1 amide bonds. The lowest BCUT2D eigenvalue weighted by Crippen LogP contribution is -2.31. The number of carbonyl (C=O) groups is 1. The van der Waals surface area contributed by atoms with E-state index in [2.05, 4.69) is 22.3 Å². The molecule has 0 fully saturated rings. The Morgan fingerprint density at radius 2 is 2.14 bits per heavy atom. The number of nitrogens with zero attached hydrogens (tertiary/aromatic N) is 3. The SMILES string of the molecule is CCc1ccc(C(CO)NC(=O)CCn2cncn2)cc1. The zero-order valence-corrected chi connectivity index (χ0v) is 12.1. The lowest BCUT2D eigenvalue weighted by atomic mass is 10.0. The van der Waals surface area contributed by atoms with Gasteiger partial charge in [-0.25, -0.2) is 4.98 Å². The molecule has 1 aromatic heterocycles. The van der Waals surface area contributed by atoms with Crippen molar-refractivity contribution in [2.75, 3.05) is 6.61 Å². The number of aliphatic hydroxyl groups excluding tert-OH is 1. The molecule has 1 atom stereocenters. The molecule has 0 saturated carbocycles. The molecule has 2 N–H and O–H groups in total. The molecule has 1 aromatic carbocycles. The molecule has 112 valence electrons. The summed E-state index contributed by atoms with van der Waals surface area (Å²) in [7, 11) is 0. The molecule has 0 saturated heterocycles. The van der Waals surface area contributed by atoms with Gasteiger partial charge in [-0.2, -0.15) is 5.10 Å². The van der Waals surface area contributed by atoms with Gasteiger partial charge in [-0.15, -0.1) is 0 Å². The zero-order valence-electron chi connectivity index (χ0n) is 12.1. The van der Waals surface area contributed by atoms with E-state index in [0.29, 0.717) is 13.0 Å². The van der Waals surface area contributed by atoms with E-state index < -0.39 is 0 Å². The molecule has 1 heterocycles. The fourth-order valence-electron chi connectivity index (χ4n) is 2.05. The predicted octanol–water partition coefficient (Wildman–Crippen LogP) is 1.08. The maximum absolute atomic E-state index is 11.9. The van der Waals surface area contributed by atoms with Gasteiger partial charge < -0.3 is 10.4 Å². The lowest BCUT2D eigenvalue weighted by Gasteiger charge is -2.17. The second-order valence-corrected chi connectivity index (χ2v) is 4.81. The van der Waals surface area contributed by atoms with E-state index >= 15 is 0 Å². The fraction of sp³-hybridized carbons (Fsp3) is 0.400. The normalized spacial score (nSPS) is 12.1. The number of aliphatic hydroxyl groups is 1. The van der Waals surface area contributed by atoms with Crippen LogP contribution in [-0.2, 0) is 17.8 Å². The third-order valence-corrected chi connectivity index (χ3v) is 3.34. The van der Waals surface area contributed by atoms with E-state index in [0.717, 1.165) is 12.0 Å². The molecular weight excluding hydrogens is 268 g/mol. The van der Waals surface area contributed by atoms with E-state index in [1.54, 1.807) is 11.0 Å². The first-order chi connectivity index (χ1) is 10.2. The summed E-state index contributed by atoms with van der Waals surface area (Å²) in [5.41, 5.74) is 2.14. The highest BCUT2D eigenvalue weighted by Crippen LogP contribution is 2.14. The van der Waals surface area contributed by atoms with Crippen molar-refractivity contribution in [2.45, 2.75) is 32.4 Å². The van der Waals surface area contributed by atoms with Gasteiger partial charge in [0.15, 0.2) is 0 Å². The average Bonchev–Trinajstić information content (AvgIpc) is 3.04. The average molecular weight is 288 g/mol. The summed E-state index contributed by atoms with van der Waals surface area (Å²) >= 11 is 0. The molecule has 0 aliphatic rings. The summed E-state index contributed by atoms with van der Waals surface area (Å²) in [6, 6.07) is 7.53. The van der Waals surface area contributed by atoms with Gasteiger partial charge in [-0.1, -0.05) is 31.2 Å². The van der Waals surface area contributed by atoms with Crippen molar-refractivity contribution in [2.24, 2.45) is 0 Å². The molecule has 2 aromatic rings. The van der Waals surface area contributed by atoms with Crippen molar-refractivity contribution < 1.29 is 9.90 Å². The van der Waals surface area contributed by atoms with Gasteiger partial charge in [0.05, 0.1) is 19.2 Å². The van der Waals surface area contributed by atoms with E-state index in [1.807, 2.05) is 24.3 Å². The Bertz CT molecular complexity index is 552. The van der Waals surface area contributed by atoms with Crippen LogP contribution in [0, 0.1) is 0 Å². The first-order valence-corrected chi connectivity index (χ1v) is 7.04. The Morgan fingerprint density at radius 1 is 1.38 bits per heavy atom. The fourth-order valence-corrected chi connectivity index (χ4v) is 2.05. The number of amides is 1. The number of rotatable bonds is 7. The van der Waals surface area contributed by atoms with Crippen LogP contribution in [0.1, 0.15) is 30.5 Å². The van der Waals surface area contributed by atoms with Crippen molar-refractivity contribution in [3.63, 3.8) is 0 Å². The van der Waals surface area contributed by atoms with Crippen molar-refractivity contribution in [3.05, 3.63) is 48.0 Å². The smallest absolute Gasteiger partial charge is 0.222 e. The number of hydrogen-bond donors (Lipinski definition) is 2. The number of hydrogen-bond acceptors (Lipinski definition) is 4. The molecule has 0 aliphatic heterocycles. The van der Waals surface area contributed by atoms with Gasteiger partial charge in [-0.3, -0.25) is 9.48 Å². The summed E-state index contributed by atoms with van der Waals surface area (Å²) in [6.45, 7) is 2.43. The van der Waals surface area contributed by atoms with Gasteiger partial charge >= 0.3 is 0 Å². The summed E-state index contributed by atoms with van der Waals surface area (Å²) in [4.78, 5) is 15.7. The number of benzene rings is 1. The third-order valence-electron chi connectivity index (χ3n) is 3.34. The van der Waals surface area contributed by atoms with Crippen LogP contribution in [0.3, 0.4) is 0 Å². The highest BCUT2D eigenvalue weighted by Gasteiger charge is 2.13. The Balaban J connectivity index is 1.89. The van der Waals surface area contributed by atoms with Crippen LogP contribution < -0.4 is 5.32 Å². The molecule has 2 rings (SSSR count). The topological polar surface area (TPSA) is 80.0 Å². The minimum absolute atomic E-state index is 0.121. The molecule has 0 spiro atoms. The molecule has 6 heteroatoms. The van der Waals surface area contributed by atoms with Crippen LogP contribution in [0.2, 0.25) is 0 Å². The van der Waals surface area contributed by atoms with E-state index in [1.165, 1.54) is 11.9 Å². The second kappa shape index (κ2) is 7.54. The summed E-state index contributed by atoms with van der Waals surface area (Å²) in [5.74, 6) is -0.121. The monoisotopic (exact) mass is 288 g/mol. The van der Waals surface area contributed by atoms with Crippen LogP contribution >= 0.6 is 0 Å². The predicted molar refractivity (Wildman–Crippen MR) is 78.4 cm³/mol. The second-order valence-electron chi connectivity index (χ2n) is 4.81. The van der Waals surface area contributed by atoms with E-state index in [9.17, 15) is 9.90 Å². The summed E-state index contributed by atoms with van der Waals surface area (Å²) in [5, 5.41) is 16.2. The van der Waals surface area contributed by atoms with Crippen LogP contribution in [0.4, 0.5) is 0 Å². The van der Waals surface area contributed by atoms with Gasteiger partial charge in [0, 0.05) is 6.42 Å². The van der Waals surface area contributed by atoms with Gasteiger partial charge in [-0.05, 0) is 17.5 Å². The Kier molecular flexibility index (Phi) is 5.45. The van der Waals surface area contributed by atoms with Crippen LogP contribution in [0.25, 0.3) is 0 Å². The zero-order chi connectivity index (χ0) is 15.1. The van der Waals surface area contributed by atoms with Crippen molar-refractivity contribution in [1.82, 2.24) is 20.1 Å². The van der Waals surface area contributed by atoms with Crippen LogP contribution in [0.5, 0.6) is 0 Å². The Morgan fingerprint density at radius 3 is 2.71 bits per heavy atom. The van der Waals surface area contributed by atoms with Gasteiger partial charge in [0.2, 0.25) is 5.91 Å². The van der Waals surface area contributed by atoms with Crippen molar-refractivity contribution in [1.29, 1.82) is 0 Å². The molecular formula is C15H20N4O2. The highest BCUT2D eigenvalue weighted by atomic mass is 16.3. The minimum Gasteiger partial charge on any atom is -0.394 e. The quantitative estimate of drug-likeness (QED) is 0.799. The van der Waals surface area contributed by atoms with Crippen LogP contribution in [-0.4, -0.2) is 32.4 Å². The Hall–Kier alpha value is -2.21. The maximum Gasteiger partial charge on any atom is 0.222 e. The summed E-state index contributed by atoms with van der Waals surface area (Å²) in [6.07, 6.45) is 4.27. The standard InChI is InChI=1S/C15H20N4O2/c1-2-12-3-5-13(6-4-12)14(9-20)18-15(21)7-8-19-11-16-10-17-19/h3-6,10-11,14,20H,2,7-9H2,1H3,(H,18,21). The van der Waals surface area contributed by atoms with E-state index in [4.69, 9.17) is 0 Å². The van der Waals surface area contributed by atoms with Crippen LogP contribution in [0.15, 0.2) is 36.9 Å².